The van der Waals surface area contributed by atoms with Gasteiger partial charge in [0.15, 0.2) is 0 Å². The molecular weight excluding hydrogens is 1090 g/mol. The van der Waals surface area contributed by atoms with Gasteiger partial charge in [-0.25, -0.2) is 54.3 Å². The maximum Gasteiger partial charge on any atom is 1.00 e. The number of likely N-dealkylation sites (tertiary alicyclic amines) is 4. The summed E-state index contributed by atoms with van der Waals surface area (Å²) in [6.45, 7) is 2.56. The molecule has 0 spiro atoms. The van der Waals surface area contributed by atoms with E-state index < -0.39 is 117 Å². The molecule has 4 aliphatic heterocycles. The number of rotatable bonds is 8. The van der Waals surface area contributed by atoms with Crippen LogP contribution in [0.25, 0.3) is 22.3 Å². The molecule has 4 bridgehead atoms. The Morgan fingerprint density at radius 1 is 0.500 bits per heavy atom. The molecule has 0 aromatic heterocycles. The van der Waals surface area contributed by atoms with Crippen LogP contribution in [0.15, 0.2) is 109 Å². The number of anilines is 2. The molecule has 4 saturated heterocycles. The van der Waals surface area contributed by atoms with Crippen LogP contribution in [0.1, 0.15) is 31.8 Å². The van der Waals surface area contributed by atoms with E-state index in [2.05, 4.69) is 25.2 Å². The van der Waals surface area contributed by atoms with E-state index in [1.165, 1.54) is 21.9 Å². The van der Waals surface area contributed by atoms with E-state index in [9.17, 15) is 64.5 Å². The van der Waals surface area contributed by atoms with Gasteiger partial charge in [-0.1, -0.05) is 48.5 Å². The fraction of sp³-hybridized carbons (Fsp3) is 0.298. The minimum absolute atomic E-state index is 0. The number of halogens is 8. The number of nitrogens with zero attached hydrogens (tertiary/aromatic N) is 4. The molecule has 4 unspecified atom stereocenters. The Labute approximate surface area is 476 Å². The number of nitrogens with one attached hydrogen (secondary N) is 2. The van der Waals surface area contributed by atoms with Gasteiger partial charge in [0.05, 0.1) is 18.2 Å². The Balaban J connectivity index is 0.000000254. The van der Waals surface area contributed by atoms with Crippen LogP contribution >= 0.6 is 0 Å². The number of carbonyl (C=O) groups is 4. The van der Waals surface area contributed by atoms with Gasteiger partial charge in [-0.05, 0) is 84.9 Å². The molecule has 25 heteroatoms. The first-order valence-corrected chi connectivity index (χ1v) is 24.8. The van der Waals surface area contributed by atoms with Gasteiger partial charge in [-0.15, -0.1) is 0 Å². The number of urea groups is 2. The van der Waals surface area contributed by atoms with Crippen molar-refractivity contribution < 1.29 is 104 Å². The number of fused-ring (bicyclic) bond motifs is 4. The number of methoxy groups -OCH3 is 1. The first kappa shape index (κ1) is 63.8. The molecule has 0 aliphatic carbocycles. The summed E-state index contributed by atoms with van der Waals surface area (Å²) in [6, 6.07) is 20.3. The summed E-state index contributed by atoms with van der Waals surface area (Å²) in [5, 5.41) is 38.0. The van der Waals surface area contributed by atoms with Gasteiger partial charge < -0.3 is 61.2 Å². The van der Waals surface area contributed by atoms with Crippen molar-refractivity contribution in [3.8, 4) is 22.3 Å². The number of amides is 4. The summed E-state index contributed by atoms with van der Waals surface area (Å²) in [7, 11) is 4.90. The van der Waals surface area contributed by atoms with E-state index in [4.69, 9.17) is 5.11 Å². The average Bonchev–Trinajstić information content (AvgIpc) is 2.82. The number of esters is 1. The Kier molecular flexibility index (Phi) is 19.7. The van der Waals surface area contributed by atoms with Gasteiger partial charge in [-0.3, -0.25) is 0 Å². The summed E-state index contributed by atoms with van der Waals surface area (Å²) in [4.78, 5) is 55.8. The minimum atomic E-state index is -1.57. The molecule has 6 aromatic rings. The second-order valence-corrected chi connectivity index (χ2v) is 20.4. The second-order valence-electron chi connectivity index (χ2n) is 20.4. The molecule has 4 amide bonds. The molecule has 16 nitrogen and oxygen atoms in total. The number of aliphatic hydroxyl groups is 2. The number of carbonyl (C=O) groups excluding carboxylic acids is 3. The number of aromatic carboxylic acids is 1. The van der Waals surface area contributed by atoms with Crippen LogP contribution < -0.4 is 29.5 Å². The summed E-state index contributed by atoms with van der Waals surface area (Å²) < 4.78 is 117. The van der Waals surface area contributed by atoms with Crippen LogP contribution in [0.4, 0.5) is 56.1 Å². The molecule has 0 radical (unpaired) electrons. The summed E-state index contributed by atoms with van der Waals surface area (Å²) in [6.07, 6.45) is 0. The zero-order valence-electron chi connectivity index (χ0n) is 44.5. The SMILES string of the molecule is CN1CC2CN(C(=O)Nc3cc(F)cc(F)c3)CC(C1)C2(O)c1ccc(-c2cc(F)c(C(=O)O)cc2F)cc1.COC(=O)c1cc(F)c(-c2ccc(C3(O)C4CN(C)CC3CN(C(=O)Nc3cc(F)cc(F)c3)C4)cc2)cc1F.O.[Li+].[OH-]. The van der Waals surface area contributed by atoms with Crippen molar-refractivity contribution in [1.82, 2.24) is 19.6 Å². The van der Waals surface area contributed by atoms with Gasteiger partial charge in [-0.2, -0.15) is 0 Å². The van der Waals surface area contributed by atoms with Crippen LogP contribution in [0.3, 0.4) is 0 Å². The molecule has 4 atom stereocenters. The molecule has 4 fully saturated rings. The monoisotopic (exact) mass is 1140 g/mol. The number of carboxylic acid groups (broad SMARTS) is 1. The van der Waals surface area contributed by atoms with E-state index in [0.717, 1.165) is 49.6 Å². The number of hydrogen-bond donors (Lipinski definition) is 5. The van der Waals surface area contributed by atoms with Crippen LogP contribution in [0.5, 0.6) is 0 Å². The smallest absolute Gasteiger partial charge is 0.870 e. The second kappa shape index (κ2) is 25.4. The van der Waals surface area contributed by atoms with Crippen molar-refractivity contribution in [2.24, 2.45) is 23.7 Å². The normalized spacial score (nSPS) is 22.0. The Hall–Kier alpha value is -7.40. The first-order chi connectivity index (χ1) is 37.4. The van der Waals surface area contributed by atoms with Crippen molar-refractivity contribution in [3.05, 3.63) is 178 Å². The van der Waals surface area contributed by atoms with Gasteiger partial charge in [0.1, 0.15) is 57.7 Å². The summed E-state index contributed by atoms with van der Waals surface area (Å²) in [5.41, 5.74) is -2.35. The molecular formula is C57H55F8LiN6O10. The number of hydrogen-bond acceptors (Lipinski definition) is 10. The fourth-order valence-electron chi connectivity index (χ4n) is 11.6. The topological polar surface area (TPSA) is 237 Å². The Bertz CT molecular complexity index is 3300. The van der Waals surface area contributed by atoms with E-state index in [1.807, 2.05) is 14.1 Å². The molecule has 4 heterocycles. The third kappa shape index (κ3) is 12.8. The van der Waals surface area contributed by atoms with Gasteiger partial charge in [0, 0.05) is 111 Å². The molecule has 82 heavy (non-hydrogen) atoms. The maximum absolute atomic E-state index is 14.8. The van der Waals surface area contributed by atoms with Crippen molar-refractivity contribution in [2.75, 3.05) is 84.2 Å². The third-order valence-electron chi connectivity index (χ3n) is 15.2. The summed E-state index contributed by atoms with van der Waals surface area (Å²) >= 11 is 0. The van der Waals surface area contributed by atoms with E-state index >= 15 is 0 Å². The minimum Gasteiger partial charge on any atom is -0.870 e. The molecule has 8 N–H and O–H groups in total. The number of piperidine rings is 4. The Morgan fingerprint density at radius 2 is 0.817 bits per heavy atom. The van der Waals surface area contributed by atoms with Gasteiger partial charge in [0.2, 0.25) is 0 Å². The molecule has 0 saturated carbocycles. The predicted molar refractivity (Wildman–Crippen MR) is 278 cm³/mol. The van der Waals surface area contributed by atoms with Crippen LogP contribution in [-0.2, 0) is 15.9 Å². The largest absolute Gasteiger partial charge is 1.00 e. The standard InChI is InChI=1S/C29H27F4N3O4.C28H25F4N3O4.Li.2H2O/c1-35-12-18-14-36(28(38)34-22-8-20(30)7-21(31)9-22)15-19(13-35)29(18,39)17-5-3-16(4-6-17)23-10-26(33)24(11-25(23)32)27(37)40-2;1-34-11-17-13-35(27(38)33-21-7-19(29)6-20(30)8-21)14-18(12-34)28(17,39)16-4-2-15(3-5-16)22-9-25(32)23(26(36)37)10-24(22)31;;;/h3-11,18-19,39H,12-15H2,1-2H3,(H,34,38);2-10,17-18,39H,11-14H2,1H3,(H,33,38)(H,36,37);;2*1H2/q;;+1;;/p-1. The van der Waals surface area contributed by atoms with Crippen LogP contribution in [0, 0.1) is 70.2 Å². The van der Waals surface area contributed by atoms with Crippen molar-refractivity contribution in [3.63, 3.8) is 0 Å². The van der Waals surface area contributed by atoms with E-state index in [1.54, 1.807) is 36.4 Å². The average molecular weight is 1140 g/mol. The van der Waals surface area contributed by atoms with Crippen LogP contribution in [-0.4, -0.2) is 143 Å². The quantitative estimate of drug-likeness (QED) is 0.0761. The molecule has 6 aromatic carbocycles. The number of ether oxygens (including phenoxy) is 1. The van der Waals surface area contributed by atoms with Crippen LogP contribution in [0.2, 0.25) is 0 Å². The maximum atomic E-state index is 14.8. The summed E-state index contributed by atoms with van der Waals surface area (Å²) in [5.74, 6) is -11.1. The number of carboxylic acids is 1. The molecule has 4 aliphatic rings. The van der Waals surface area contributed by atoms with Crippen molar-refractivity contribution in [2.45, 2.75) is 11.2 Å². The van der Waals surface area contributed by atoms with Gasteiger partial charge >= 0.3 is 42.9 Å². The van der Waals surface area contributed by atoms with E-state index in [0.29, 0.717) is 66.6 Å². The fourth-order valence-corrected chi connectivity index (χ4v) is 11.6. The van der Waals surface area contributed by atoms with Crippen molar-refractivity contribution >= 4 is 35.4 Å². The first-order valence-electron chi connectivity index (χ1n) is 24.8. The molecule has 10 rings (SSSR count). The zero-order chi connectivity index (χ0) is 56.8. The predicted octanol–water partition coefficient (Wildman–Crippen LogP) is 5.13. The molecule has 430 valence electrons. The third-order valence-corrected chi connectivity index (χ3v) is 15.2. The van der Waals surface area contributed by atoms with Gasteiger partial charge in [0.25, 0.3) is 0 Å². The number of benzene rings is 6. The van der Waals surface area contributed by atoms with Crippen molar-refractivity contribution in [1.29, 1.82) is 0 Å². The Morgan fingerprint density at radius 3 is 1.13 bits per heavy atom. The zero-order valence-corrected chi connectivity index (χ0v) is 44.5. The van der Waals surface area contributed by atoms with E-state index in [-0.39, 0.29) is 78.5 Å².